The highest BCUT2D eigenvalue weighted by Crippen LogP contribution is 2.31. The second kappa shape index (κ2) is 9.24. The molecule has 0 radical (unpaired) electrons. The van der Waals surface area contributed by atoms with E-state index in [0.717, 1.165) is 50.6 Å². The lowest BCUT2D eigenvalue weighted by Crippen LogP contribution is -2.50. The average Bonchev–Trinajstić information content (AvgIpc) is 3.19. The van der Waals surface area contributed by atoms with E-state index in [4.69, 9.17) is 14.2 Å². The molecule has 1 amide bonds. The number of amides is 1. The standard InChI is InChI=1S/C20H30N2O4/c1-24-18-7-3-5-16(20(18)25-2)8-9-19(23)22-12-10-21(11-13-22)15-17-6-4-14-26-17/h3,5,7,17H,4,6,8-15H2,1-2H3. The molecule has 0 aromatic heterocycles. The highest BCUT2D eigenvalue weighted by atomic mass is 16.5. The molecule has 2 saturated heterocycles. The van der Waals surface area contributed by atoms with Gasteiger partial charge in [-0.15, -0.1) is 0 Å². The highest BCUT2D eigenvalue weighted by molar-refractivity contribution is 5.76. The fourth-order valence-corrected chi connectivity index (χ4v) is 3.81. The van der Waals surface area contributed by atoms with E-state index in [1.807, 2.05) is 23.1 Å². The van der Waals surface area contributed by atoms with Crippen molar-refractivity contribution in [2.24, 2.45) is 0 Å². The normalized spacial score (nSPS) is 21.0. The Labute approximate surface area is 156 Å². The van der Waals surface area contributed by atoms with E-state index >= 15 is 0 Å². The van der Waals surface area contributed by atoms with Gasteiger partial charge >= 0.3 is 0 Å². The summed E-state index contributed by atoms with van der Waals surface area (Å²) in [6, 6.07) is 5.80. The molecular weight excluding hydrogens is 332 g/mol. The van der Waals surface area contributed by atoms with Crippen LogP contribution in [0.5, 0.6) is 11.5 Å². The zero-order valence-corrected chi connectivity index (χ0v) is 15.9. The lowest BCUT2D eigenvalue weighted by Gasteiger charge is -2.35. The van der Waals surface area contributed by atoms with E-state index in [9.17, 15) is 4.79 Å². The third-order valence-electron chi connectivity index (χ3n) is 5.30. The van der Waals surface area contributed by atoms with Crippen LogP contribution in [0.1, 0.15) is 24.8 Å². The van der Waals surface area contributed by atoms with Crippen molar-refractivity contribution < 1.29 is 19.0 Å². The molecule has 1 unspecified atom stereocenters. The molecule has 1 aromatic rings. The summed E-state index contributed by atoms with van der Waals surface area (Å²) in [7, 11) is 3.26. The molecule has 0 aliphatic carbocycles. The summed E-state index contributed by atoms with van der Waals surface area (Å²) < 4.78 is 16.5. The van der Waals surface area contributed by atoms with Crippen molar-refractivity contribution in [3.05, 3.63) is 23.8 Å². The van der Waals surface area contributed by atoms with Crippen LogP contribution in [0.3, 0.4) is 0 Å². The summed E-state index contributed by atoms with van der Waals surface area (Å²) in [6.07, 6.45) is 3.89. The van der Waals surface area contributed by atoms with Crippen LogP contribution < -0.4 is 9.47 Å². The van der Waals surface area contributed by atoms with Gasteiger partial charge in [0.05, 0.1) is 20.3 Å². The van der Waals surface area contributed by atoms with E-state index in [1.165, 1.54) is 12.8 Å². The summed E-state index contributed by atoms with van der Waals surface area (Å²) >= 11 is 0. The Morgan fingerprint density at radius 3 is 2.65 bits per heavy atom. The summed E-state index contributed by atoms with van der Waals surface area (Å²) in [4.78, 5) is 17.0. The third kappa shape index (κ3) is 4.68. The monoisotopic (exact) mass is 362 g/mol. The number of nitrogens with zero attached hydrogens (tertiary/aromatic N) is 2. The van der Waals surface area contributed by atoms with Crippen molar-refractivity contribution in [3.63, 3.8) is 0 Å². The Morgan fingerprint density at radius 2 is 2.00 bits per heavy atom. The van der Waals surface area contributed by atoms with Crippen LogP contribution in [0.25, 0.3) is 0 Å². The first-order chi connectivity index (χ1) is 12.7. The van der Waals surface area contributed by atoms with Gasteiger partial charge in [0, 0.05) is 45.8 Å². The number of benzene rings is 1. The maximum atomic E-state index is 12.6. The van der Waals surface area contributed by atoms with Crippen LogP contribution in [-0.4, -0.2) is 75.4 Å². The van der Waals surface area contributed by atoms with Crippen LogP contribution in [0.4, 0.5) is 0 Å². The molecule has 1 atom stereocenters. The first-order valence-corrected chi connectivity index (χ1v) is 9.53. The molecule has 2 fully saturated rings. The highest BCUT2D eigenvalue weighted by Gasteiger charge is 2.25. The lowest BCUT2D eigenvalue weighted by molar-refractivity contribution is -0.133. The number of carbonyl (C=O) groups excluding carboxylic acids is 1. The molecule has 3 rings (SSSR count). The topological polar surface area (TPSA) is 51.2 Å². The maximum absolute atomic E-state index is 12.6. The van der Waals surface area contributed by atoms with E-state index in [0.29, 0.717) is 24.7 Å². The number of piperazine rings is 1. The minimum atomic E-state index is 0.214. The van der Waals surface area contributed by atoms with Gasteiger partial charge in [0.15, 0.2) is 11.5 Å². The lowest BCUT2D eigenvalue weighted by atomic mass is 10.1. The first-order valence-electron chi connectivity index (χ1n) is 9.53. The van der Waals surface area contributed by atoms with Gasteiger partial charge < -0.3 is 19.1 Å². The molecule has 0 spiro atoms. The van der Waals surface area contributed by atoms with Crippen LogP contribution >= 0.6 is 0 Å². The van der Waals surface area contributed by atoms with Gasteiger partial charge in [0.25, 0.3) is 0 Å². The maximum Gasteiger partial charge on any atom is 0.222 e. The van der Waals surface area contributed by atoms with Crippen molar-refractivity contribution >= 4 is 5.91 Å². The summed E-state index contributed by atoms with van der Waals surface area (Å²) in [5.41, 5.74) is 1.01. The number of methoxy groups -OCH3 is 2. The number of hydrogen-bond donors (Lipinski definition) is 0. The molecule has 2 heterocycles. The summed E-state index contributed by atoms with van der Waals surface area (Å²) in [5, 5.41) is 0. The molecule has 0 bridgehead atoms. The first kappa shape index (κ1) is 19.0. The Morgan fingerprint density at radius 1 is 1.19 bits per heavy atom. The quantitative estimate of drug-likeness (QED) is 0.742. The minimum absolute atomic E-state index is 0.214. The number of aryl methyl sites for hydroxylation is 1. The van der Waals surface area contributed by atoms with E-state index in [2.05, 4.69) is 4.90 Å². The second-order valence-electron chi connectivity index (χ2n) is 6.97. The van der Waals surface area contributed by atoms with Crippen LogP contribution in [0.15, 0.2) is 18.2 Å². The summed E-state index contributed by atoms with van der Waals surface area (Å²) in [5.74, 6) is 1.65. The molecule has 0 saturated carbocycles. The Kier molecular flexibility index (Phi) is 6.74. The summed E-state index contributed by atoms with van der Waals surface area (Å²) in [6.45, 7) is 5.39. The zero-order chi connectivity index (χ0) is 18.4. The van der Waals surface area contributed by atoms with Gasteiger partial charge in [0.2, 0.25) is 5.91 Å². The van der Waals surface area contributed by atoms with E-state index < -0.39 is 0 Å². The van der Waals surface area contributed by atoms with Crippen molar-refractivity contribution in [1.82, 2.24) is 9.80 Å². The minimum Gasteiger partial charge on any atom is -0.493 e. The Balaban J connectivity index is 1.46. The van der Waals surface area contributed by atoms with Gasteiger partial charge in [-0.05, 0) is 30.9 Å². The molecular formula is C20H30N2O4. The van der Waals surface area contributed by atoms with Gasteiger partial charge in [-0.1, -0.05) is 12.1 Å². The largest absolute Gasteiger partial charge is 0.493 e. The van der Waals surface area contributed by atoms with Crippen molar-refractivity contribution in [3.8, 4) is 11.5 Å². The van der Waals surface area contributed by atoms with Gasteiger partial charge in [-0.25, -0.2) is 0 Å². The zero-order valence-electron chi connectivity index (χ0n) is 15.9. The predicted octanol–water partition coefficient (Wildman–Crippen LogP) is 1.96. The van der Waals surface area contributed by atoms with Gasteiger partial charge in [-0.2, -0.15) is 0 Å². The Bertz CT molecular complexity index is 593. The van der Waals surface area contributed by atoms with Crippen LogP contribution in [0, 0.1) is 0 Å². The third-order valence-corrected chi connectivity index (χ3v) is 5.30. The number of para-hydroxylation sites is 1. The smallest absolute Gasteiger partial charge is 0.222 e. The molecule has 2 aliphatic heterocycles. The molecule has 6 heteroatoms. The SMILES string of the molecule is COc1cccc(CCC(=O)N2CCN(CC3CCCO3)CC2)c1OC. The van der Waals surface area contributed by atoms with Crippen molar-refractivity contribution in [1.29, 1.82) is 0 Å². The van der Waals surface area contributed by atoms with Crippen LogP contribution in [-0.2, 0) is 16.0 Å². The number of hydrogen-bond acceptors (Lipinski definition) is 5. The molecule has 144 valence electrons. The van der Waals surface area contributed by atoms with Crippen molar-refractivity contribution in [2.75, 3.05) is 53.6 Å². The van der Waals surface area contributed by atoms with Gasteiger partial charge in [-0.3, -0.25) is 9.69 Å². The van der Waals surface area contributed by atoms with E-state index in [-0.39, 0.29) is 5.91 Å². The van der Waals surface area contributed by atoms with E-state index in [1.54, 1.807) is 14.2 Å². The van der Waals surface area contributed by atoms with Crippen molar-refractivity contribution in [2.45, 2.75) is 31.8 Å². The fraction of sp³-hybridized carbons (Fsp3) is 0.650. The average molecular weight is 362 g/mol. The molecule has 1 aromatic carbocycles. The second-order valence-corrected chi connectivity index (χ2v) is 6.97. The molecule has 2 aliphatic rings. The molecule has 26 heavy (non-hydrogen) atoms. The van der Waals surface area contributed by atoms with Crippen LogP contribution in [0.2, 0.25) is 0 Å². The molecule has 6 nitrogen and oxygen atoms in total. The molecule has 0 N–H and O–H groups in total. The predicted molar refractivity (Wildman–Crippen MR) is 99.9 cm³/mol. The number of carbonyl (C=O) groups is 1. The Hall–Kier alpha value is -1.79. The number of rotatable bonds is 7. The van der Waals surface area contributed by atoms with Gasteiger partial charge in [0.1, 0.15) is 0 Å². The number of ether oxygens (including phenoxy) is 3. The fourth-order valence-electron chi connectivity index (χ4n) is 3.81.